The van der Waals surface area contributed by atoms with E-state index >= 15 is 0 Å². The van der Waals surface area contributed by atoms with Crippen molar-refractivity contribution in [3.63, 3.8) is 0 Å². The summed E-state index contributed by atoms with van der Waals surface area (Å²) < 4.78 is 16.9. The van der Waals surface area contributed by atoms with Crippen LogP contribution in [0.4, 0.5) is 0 Å². The number of rotatable bonds is 4. The van der Waals surface area contributed by atoms with Crippen molar-refractivity contribution >= 4 is 22.3 Å². The molecule has 2 aromatic heterocycles. The molecule has 1 N–H and O–H groups in total. The predicted octanol–water partition coefficient (Wildman–Crippen LogP) is 3.42. The van der Waals surface area contributed by atoms with Crippen LogP contribution in [0.2, 0.25) is 0 Å². The van der Waals surface area contributed by atoms with Crippen LogP contribution in [0.25, 0.3) is 22.4 Å². The molecule has 0 aliphatic carbocycles. The van der Waals surface area contributed by atoms with E-state index in [0.29, 0.717) is 22.4 Å². The fourth-order valence-corrected chi connectivity index (χ4v) is 3.81. The summed E-state index contributed by atoms with van der Waals surface area (Å²) in [6, 6.07) is 9.13. The van der Waals surface area contributed by atoms with Gasteiger partial charge in [0.05, 0.1) is 16.9 Å². The summed E-state index contributed by atoms with van der Waals surface area (Å²) in [5.74, 6) is 0.507. The summed E-state index contributed by atoms with van der Waals surface area (Å²) in [5, 5.41) is 0.548. The van der Waals surface area contributed by atoms with Gasteiger partial charge in [0.2, 0.25) is 0 Å². The fourth-order valence-electron chi connectivity index (χ4n) is 3.01. The van der Waals surface area contributed by atoms with Crippen LogP contribution in [-0.2, 0) is 18.4 Å². The van der Waals surface area contributed by atoms with Gasteiger partial charge in [0.1, 0.15) is 10.4 Å². The van der Waals surface area contributed by atoms with Crippen molar-refractivity contribution in [1.82, 2.24) is 19.3 Å². The molecule has 2 heterocycles. The first kappa shape index (κ1) is 20.5. The van der Waals surface area contributed by atoms with E-state index in [1.165, 1.54) is 4.57 Å². The maximum absolute atomic E-state index is 13.0. The summed E-state index contributed by atoms with van der Waals surface area (Å²) in [6.07, 6.45) is 1.68. The molecule has 2 unspecified atom stereocenters. The van der Waals surface area contributed by atoms with Crippen molar-refractivity contribution in [3.8, 4) is 11.5 Å². The van der Waals surface area contributed by atoms with Gasteiger partial charge in [-0.1, -0.05) is 12.1 Å². The van der Waals surface area contributed by atoms with Crippen molar-refractivity contribution in [2.24, 2.45) is 7.05 Å². The van der Waals surface area contributed by atoms with E-state index in [4.69, 9.17) is 4.98 Å². The van der Waals surface area contributed by atoms with Gasteiger partial charge in [-0.3, -0.25) is 14.3 Å². The predicted molar refractivity (Wildman–Crippen MR) is 114 cm³/mol. The molecule has 148 valence electrons. The topological polar surface area (TPSA) is 82.9 Å². The second-order valence-corrected chi connectivity index (χ2v) is 9.98. The smallest absolute Gasteiger partial charge is 0.261 e. The van der Waals surface area contributed by atoms with Gasteiger partial charge < -0.3 is 4.55 Å². The molecule has 0 spiro atoms. The van der Waals surface area contributed by atoms with Crippen LogP contribution < -0.4 is 10.3 Å². The molecule has 7 heteroatoms. The van der Waals surface area contributed by atoms with Gasteiger partial charge in [0.25, 0.3) is 5.56 Å². The average Bonchev–Trinajstić information content (AvgIpc) is 2.64. The van der Waals surface area contributed by atoms with Gasteiger partial charge in [-0.15, -0.1) is 4.72 Å². The van der Waals surface area contributed by atoms with Gasteiger partial charge in [-0.25, -0.2) is 4.98 Å². The molecule has 6 nitrogen and oxygen atoms in total. The zero-order valence-corrected chi connectivity index (χ0v) is 17.9. The van der Waals surface area contributed by atoms with Gasteiger partial charge >= 0.3 is 0 Å². The molecule has 0 radical (unpaired) electrons. The second-order valence-electron chi connectivity index (χ2n) is 7.99. The first-order chi connectivity index (χ1) is 13.1. The number of pyridine rings is 1. The lowest BCUT2D eigenvalue weighted by Gasteiger charge is -2.27. The number of hydrogen-bond acceptors (Lipinski definition) is 5. The Morgan fingerprint density at radius 2 is 1.96 bits per heavy atom. The Morgan fingerprint density at radius 3 is 2.57 bits per heavy atom. The number of aryl methyl sites for hydroxylation is 1. The Balaban J connectivity index is 2.21. The molecule has 0 aliphatic heterocycles. The van der Waals surface area contributed by atoms with Crippen molar-refractivity contribution in [2.45, 2.75) is 45.4 Å². The third kappa shape index (κ3) is 3.97. The van der Waals surface area contributed by atoms with Crippen LogP contribution in [0.1, 0.15) is 44.9 Å². The van der Waals surface area contributed by atoms with Crippen LogP contribution >= 0.6 is 0 Å². The SMILES string of the molecule is Cc1cc(C(C)N[S+]([O-])C(C)(C)C)c2nc(-c3ccccn3)n(C)c(=O)c2c1. The highest BCUT2D eigenvalue weighted by molar-refractivity contribution is 7.90. The van der Waals surface area contributed by atoms with Crippen LogP contribution in [0.3, 0.4) is 0 Å². The number of nitrogens with one attached hydrogen (secondary N) is 1. The summed E-state index contributed by atoms with van der Waals surface area (Å²) in [5.41, 5.74) is 2.93. The maximum atomic E-state index is 13.0. The first-order valence-corrected chi connectivity index (χ1v) is 10.4. The zero-order valence-electron chi connectivity index (χ0n) is 17.1. The zero-order chi connectivity index (χ0) is 20.6. The first-order valence-electron chi connectivity index (χ1n) is 9.20. The van der Waals surface area contributed by atoms with Crippen LogP contribution in [0, 0.1) is 6.92 Å². The van der Waals surface area contributed by atoms with E-state index in [1.54, 1.807) is 13.2 Å². The molecule has 3 rings (SSSR count). The second kappa shape index (κ2) is 7.66. The maximum Gasteiger partial charge on any atom is 0.261 e. The van der Waals surface area contributed by atoms with Crippen molar-refractivity contribution in [2.75, 3.05) is 0 Å². The molecule has 0 aliphatic rings. The number of benzene rings is 1. The van der Waals surface area contributed by atoms with Crippen molar-refractivity contribution < 1.29 is 4.55 Å². The van der Waals surface area contributed by atoms with Crippen LogP contribution in [0.5, 0.6) is 0 Å². The highest BCUT2D eigenvalue weighted by Crippen LogP contribution is 2.27. The molecule has 28 heavy (non-hydrogen) atoms. The highest BCUT2D eigenvalue weighted by atomic mass is 32.2. The number of nitrogens with zero attached hydrogens (tertiary/aromatic N) is 3. The van der Waals surface area contributed by atoms with E-state index < -0.39 is 16.1 Å². The largest absolute Gasteiger partial charge is 0.598 e. The van der Waals surface area contributed by atoms with Gasteiger partial charge in [0, 0.05) is 30.2 Å². The van der Waals surface area contributed by atoms with Crippen LogP contribution in [-0.4, -0.2) is 23.8 Å². The third-order valence-electron chi connectivity index (χ3n) is 4.55. The molecule has 0 amide bonds. The Labute approximate surface area is 168 Å². The molecule has 0 fully saturated rings. The Kier molecular flexibility index (Phi) is 5.61. The molecule has 0 saturated heterocycles. The lowest BCUT2D eigenvalue weighted by Crippen LogP contribution is -2.40. The summed E-state index contributed by atoms with van der Waals surface area (Å²) in [7, 11) is 1.71. The molecule has 0 saturated carbocycles. The normalized spacial score (nSPS) is 14.2. The summed E-state index contributed by atoms with van der Waals surface area (Å²) in [6.45, 7) is 9.65. The van der Waals surface area contributed by atoms with E-state index in [0.717, 1.165) is 11.1 Å². The molecule has 3 aromatic rings. The van der Waals surface area contributed by atoms with Gasteiger partial charge in [0.15, 0.2) is 5.82 Å². The molecular formula is C21H26N4O2S. The van der Waals surface area contributed by atoms with Crippen molar-refractivity contribution in [1.29, 1.82) is 0 Å². The summed E-state index contributed by atoms with van der Waals surface area (Å²) in [4.78, 5) is 22.2. The lowest BCUT2D eigenvalue weighted by molar-refractivity contribution is 0.531. The summed E-state index contributed by atoms with van der Waals surface area (Å²) >= 11 is -1.24. The quantitative estimate of drug-likeness (QED) is 0.681. The van der Waals surface area contributed by atoms with E-state index in [2.05, 4.69) is 9.71 Å². The minimum Gasteiger partial charge on any atom is -0.598 e. The average molecular weight is 399 g/mol. The minimum absolute atomic E-state index is 0.125. The molecule has 0 bridgehead atoms. The lowest BCUT2D eigenvalue weighted by atomic mass is 10.0. The Bertz CT molecular complexity index is 1060. The van der Waals surface area contributed by atoms with Crippen LogP contribution in [0.15, 0.2) is 41.3 Å². The highest BCUT2D eigenvalue weighted by Gasteiger charge is 2.29. The molecule has 2 atom stereocenters. The monoisotopic (exact) mass is 398 g/mol. The van der Waals surface area contributed by atoms with Gasteiger partial charge in [-0.05, 0) is 58.4 Å². The Morgan fingerprint density at radius 1 is 1.25 bits per heavy atom. The standard InChI is InChI=1S/C21H26N4O2S/c1-13-11-15(14(2)24-28(27)21(3,4)5)18-16(12-13)20(26)25(6)19(23-18)17-9-7-8-10-22-17/h7-12,14,24H,1-6H3. The third-order valence-corrected chi connectivity index (χ3v) is 6.23. The molecular weight excluding hydrogens is 372 g/mol. The minimum atomic E-state index is -1.24. The molecule has 1 aromatic carbocycles. The number of hydrogen-bond donors (Lipinski definition) is 1. The van der Waals surface area contributed by atoms with Gasteiger partial charge in [-0.2, -0.15) is 0 Å². The Hall–Kier alpha value is -2.22. The fraction of sp³-hybridized carbons (Fsp3) is 0.381. The van der Waals surface area contributed by atoms with E-state index in [-0.39, 0.29) is 11.6 Å². The number of fused-ring (bicyclic) bond motifs is 1. The van der Waals surface area contributed by atoms with E-state index in [1.807, 2.05) is 65.0 Å². The van der Waals surface area contributed by atoms with E-state index in [9.17, 15) is 9.35 Å². The number of aromatic nitrogens is 3. The van der Waals surface area contributed by atoms with Crippen molar-refractivity contribution in [3.05, 3.63) is 58.0 Å².